The highest BCUT2D eigenvalue weighted by Crippen LogP contribution is 2.28. The Morgan fingerprint density at radius 1 is 1.12 bits per heavy atom. The molecule has 0 fully saturated rings. The predicted molar refractivity (Wildman–Crippen MR) is 117 cm³/mol. The van der Waals surface area contributed by atoms with Crippen LogP contribution in [0.25, 0.3) is 0 Å². The minimum atomic E-state index is -1.53. The van der Waals surface area contributed by atoms with Gasteiger partial charge in [-0.1, -0.05) is 6.07 Å². The second-order valence-electron chi connectivity index (χ2n) is 7.83. The maximum Gasteiger partial charge on any atom is 0.259 e. The Kier molecular flexibility index (Phi) is 6.62. The fourth-order valence-corrected chi connectivity index (χ4v) is 3.90. The molecule has 4 rings (SSSR count). The van der Waals surface area contributed by atoms with Crippen LogP contribution in [0.5, 0.6) is 0 Å². The summed E-state index contributed by atoms with van der Waals surface area (Å²) < 4.78 is 40.5. The number of fused-ring (bicyclic) bond motifs is 1. The zero-order valence-electron chi connectivity index (χ0n) is 17.6. The Balaban J connectivity index is 1.67. The molecule has 0 aliphatic carbocycles. The van der Waals surface area contributed by atoms with E-state index >= 15 is 0 Å². The first-order valence-electron chi connectivity index (χ1n) is 10.4. The quantitative estimate of drug-likeness (QED) is 0.475. The summed E-state index contributed by atoms with van der Waals surface area (Å²) in [6.07, 6.45) is 0.972. The zero-order valence-corrected chi connectivity index (χ0v) is 17.6. The molecular weight excluding hydrogens is 435 g/mol. The van der Waals surface area contributed by atoms with Crippen LogP contribution < -0.4 is 10.2 Å². The molecule has 0 unspecified atom stereocenters. The number of amides is 1. The van der Waals surface area contributed by atoms with Gasteiger partial charge in [-0.2, -0.15) is 0 Å². The first-order chi connectivity index (χ1) is 15.9. The van der Waals surface area contributed by atoms with Crippen molar-refractivity contribution in [1.29, 1.82) is 0 Å². The van der Waals surface area contributed by atoms with Gasteiger partial charge in [-0.05, 0) is 65.9 Å². The fraction of sp³-hybridized carbons (Fsp3) is 0.250. The number of benzene rings is 2. The molecule has 172 valence electrons. The Bertz CT molecular complexity index is 1170. The van der Waals surface area contributed by atoms with Gasteiger partial charge in [-0.25, -0.2) is 18.2 Å². The predicted octanol–water partition coefficient (Wildman–Crippen LogP) is 3.06. The molecule has 9 heteroatoms. The molecule has 2 heterocycles. The van der Waals surface area contributed by atoms with E-state index in [-0.39, 0.29) is 24.3 Å². The SMILES string of the molecule is O=C(c1cccc2c1CCN2)N(C[C@@H](O)CO)c1cc(Cc2cc(F)c(F)c(F)c2)ccn1. The molecule has 0 bridgehead atoms. The average molecular weight is 457 g/mol. The van der Waals surface area contributed by atoms with Crippen LogP contribution in [0.4, 0.5) is 24.7 Å². The molecule has 1 aliphatic heterocycles. The summed E-state index contributed by atoms with van der Waals surface area (Å²) in [5, 5.41) is 22.6. The Labute approximate surface area is 188 Å². The lowest BCUT2D eigenvalue weighted by molar-refractivity contribution is 0.0865. The van der Waals surface area contributed by atoms with E-state index in [0.29, 0.717) is 24.1 Å². The summed E-state index contributed by atoms with van der Waals surface area (Å²) in [6, 6.07) is 10.3. The third kappa shape index (κ3) is 4.84. The monoisotopic (exact) mass is 457 g/mol. The Hall–Kier alpha value is -3.43. The van der Waals surface area contributed by atoms with E-state index in [2.05, 4.69) is 10.3 Å². The van der Waals surface area contributed by atoms with E-state index in [1.54, 1.807) is 24.3 Å². The molecule has 3 N–H and O–H groups in total. The van der Waals surface area contributed by atoms with Crippen LogP contribution in [0.15, 0.2) is 48.7 Å². The molecule has 2 aromatic carbocycles. The second-order valence-corrected chi connectivity index (χ2v) is 7.83. The van der Waals surface area contributed by atoms with Gasteiger partial charge >= 0.3 is 0 Å². The molecule has 1 atom stereocenters. The fourth-order valence-electron chi connectivity index (χ4n) is 3.90. The van der Waals surface area contributed by atoms with Crippen molar-refractivity contribution < 1.29 is 28.2 Å². The number of aromatic nitrogens is 1. The number of aliphatic hydroxyl groups excluding tert-OH is 2. The Morgan fingerprint density at radius 3 is 2.61 bits per heavy atom. The van der Waals surface area contributed by atoms with Crippen molar-refractivity contribution in [2.45, 2.75) is 18.9 Å². The molecule has 3 aromatic rings. The van der Waals surface area contributed by atoms with Crippen LogP contribution in [0.3, 0.4) is 0 Å². The van der Waals surface area contributed by atoms with Crippen LogP contribution in [0.1, 0.15) is 27.0 Å². The van der Waals surface area contributed by atoms with Crippen molar-refractivity contribution in [1.82, 2.24) is 4.98 Å². The third-order valence-corrected chi connectivity index (χ3v) is 5.48. The van der Waals surface area contributed by atoms with Crippen molar-refractivity contribution in [2.24, 2.45) is 0 Å². The van der Waals surface area contributed by atoms with Crippen molar-refractivity contribution in [3.05, 3.63) is 88.4 Å². The largest absolute Gasteiger partial charge is 0.394 e. The van der Waals surface area contributed by atoms with Gasteiger partial charge in [0.2, 0.25) is 0 Å². The molecule has 0 radical (unpaired) electrons. The van der Waals surface area contributed by atoms with E-state index in [0.717, 1.165) is 23.4 Å². The first kappa shape index (κ1) is 22.8. The van der Waals surface area contributed by atoms with Gasteiger partial charge in [-0.3, -0.25) is 9.69 Å². The summed E-state index contributed by atoms with van der Waals surface area (Å²) in [4.78, 5) is 19.0. The maximum atomic E-state index is 13.6. The number of aliphatic hydroxyl groups is 2. The number of anilines is 2. The summed E-state index contributed by atoms with van der Waals surface area (Å²) in [5.74, 6) is -4.29. The number of carbonyl (C=O) groups excluding carboxylic acids is 1. The lowest BCUT2D eigenvalue weighted by Crippen LogP contribution is -2.40. The van der Waals surface area contributed by atoms with Crippen LogP contribution >= 0.6 is 0 Å². The number of carbonyl (C=O) groups is 1. The summed E-state index contributed by atoms with van der Waals surface area (Å²) >= 11 is 0. The van der Waals surface area contributed by atoms with Gasteiger partial charge in [0.15, 0.2) is 17.5 Å². The third-order valence-electron chi connectivity index (χ3n) is 5.48. The summed E-state index contributed by atoms with van der Waals surface area (Å²) in [5.41, 5.74) is 2.97. The van der Waals surface area contributed by atoms with Gasteiger partial charge in [0.05, 0.1) is 19.3 Å². The number of nitrogens with one attached hydrogen (secondary N) is 1. The molecular formula is C24H22F3N3O3. The number of halogens is 3. The Morgan fingerprint density at radius 2 is 1.88 bits per heavy atom. The van der Waals surface area contributed by atoms with Gasteiger partial charge in [0.1, 0.15) is 5.82 Å². The highest BCUT2D eigenvalue weighted by Gasteiger charge is 2.26. The average Bonchev–Trinajstić information content (AvgIpc) is 3.29. The highest BCUT2D eigenvalue weighted by atomic mass is 19.2. The van der Waals surface area contributed by atoms with E-state index in [9.17, 15) is 28.2 Å². The molecule has 0 saturated carbocycles. The topological polar surface area (TPSA) is 85.7 Å². The van der Waals surface area contributed by atoms with Gasteiger partial charge in [0.25, 0.3) is 5.91 Å². The van der Waals surface area contributed by atoms with Crippen LogP contribution in [0.2, 0.25) is 0 Å². The van der Waals surface area contributed by atoms with E-state index in [4.69, 9.17) is 0 Å². The molecule has 33 heavy (non-hydrogen) atoms. The summed E-state index contributed by atoms with van der Waals surface area (Å²) in [6.45, 7) is -0.0494. The number of hydrogen-bond acceptors (Lipinski definition) is 5. The van der Waals surface area contributed by atoms with Crippen molar-refractivity contribution in [3.8, 4) is 0 Å². The number of nitrogens with zero attached hydrogens (tertiary/aromatic N) is 2. The first-order valence-corrected chi connectivity index (χ1v) is 10.4. The second kappa shape index (κ2) is 9.60. The van der Waals surface area contributed by atoms with Gasteiger partial charge in [0, 0.05) is 24.0 Å². The maximum absolute atomic E-state index is 13.6. The van der Waals surface area contributed by atoms with Crippen molar-refractivity contribution in [2.75, 3.05) is 29.9 Å². The van der Waals surface area contributed by atoms with E-state index in [1.807, 2.05) is 6.07 Å². The molecule has 1 amide bonds. The van der Waals surface area contributed by atoms with Crippen molar-refractivity contribution in [3.63, 3.8) is 0 Å². The normalized spacial score (nSPS) is 13.4. The lowest BCUT2D eigenvalue weighted by atomic mass is 10.0. The molecule has 1 aliphatic rings. The zero-order chi connectivity index (χ0) is 23.5. The van der Waals surface area contributed by atoms with E-state index < -0.39 is 36.1 Å². The smallest absolute Gasteiger partial charge is 0.259 e. The highest BCUT2D eigenvalue weighted by molar-refractivity contribution is 6.07. The molecule has 1 aromatic heterocycles. The molecule has 0 saturated heterocycles. The summed E-state index contributed by atoms with van der Waals surface area (Å²) in [7, 11) is 0. The minimum absolute atomic E-state index is 0.0683. The standard InChI is InChI=1S/C24H22F3N3O3/c25-19-9-15(10-20(26)23(19)27)8-14-4-6-29-22(11-14)30(12-16(32)13-31)24(33)18-2-1-3-21-17(18)5-7-28-21/h1-4,6,9-11,16,28,31-32H,5,7-8,12-13H2/t16-/m1/s1. The van der Waals surface area contributed by atoms with Crippen LogP contribution in [0, 0.1) is 17.5 Å². The van der Waals surface area contributed by atoms with E-state index in [1.165, 1.54) is 11.1 Å². The minimum Gasteiger partial charge on any atom is -0.394 e. The number of rotatable bonds is 7. The number of hydrogen-bond donors (Lipinski definition) is 3. The van der Waals surface area contributed by atoms with Crippen LogP contribution in [-0.4, -0.2) is 46.9 Å². The van der Waals surface area contributed by atoms with Gasteiger partial charge in [-0.15, -0.1) is 0 Å². The van der Waals surface area contributed by atoms with Crippen LogP contribution in [-0.2, 0) is 12.8 Å². The van der Waals surface area contributed by atoms with Crippen molar-refractivity contribution >= 4 is 17.4 Å². The van der Waals surface area contributed by atoms with Gasteiger partial charge < -0.3 is 15.5 Å². The molecule has 6 nitrogen and oxygen atoms in total. The molecule has 0 spiro atoms. The number of pyridine rings is 1. The lowest BCUT2D eigenvalue weighted by Gasteiger charge is -2.25.